The summed E-state index contributed by atoms with van der Waals surface area (Å²) in [7, 11) is 4.85. The van der Waals surface area contributed by atoms with Crippen LogP contribution in [0.2, 0.25) is 0 Å². The third-order valence-electron chi connectivity index (χ3n) is 3.51. The van der Waals surface area contributed by atoms with Crippen LogP contribution in [0, 0.1) is 6.92 Å². The number of carbonyl (C=O) groups excluding carboxylic acids is 1. The van der Waals surface area contributed by atoms with Crippen LogP contribution in [0.15, 0.2) is 35.3 Å². The van der Waals surface area contributed by atoms with Crippen LogP contribution in [0.3, 0.4) is 0 Å². The van der Waals surface area contributed by atoms with E-state index in [1.54, 1.807) is 42.9 Å². The first-order valence-corrected chi connectivity index (χ1v) is 7.26. The molecule has 0 unspecified atom stereocenters. The summed E-state index contributed by atoms with van der Waals surface area (Å²) in [5.74, 6) is 0.880. The van der Waals surface area contributed by atoms with E-state index in [-0.39, 0.29) is 17.8 Å². The van der Waals surface area contributed by atoms with Crippen LogP contribution >= 0.6 is 0 Å². The first-order chi connectivity index (χ1) is 11.4. The summed E-state index contributed by atoms with van der Waals surface area (Å²) in [4.78, 5) is 23.9. The molecule has 0 spiro atoms. The Morgan fingerprint density at radius 2 is 1.79 bits per heavy atom. The monoisotopic (exact) mass is 332 g/mol. The Morgan fingerprint density at radius 1 is 1.17 bits per heavy atom. The minimum atomic E-state index is -0.393. The lowest BCUT2D eigenvalue weighted by atomic mass is 10.2. The van der Waals surface area contributed by atoms with Gasteiger partial charge in [-0.3, -0.25) is 9.59 Å². The Balaban J connectivity index is 2.07. The number of hydrogen-bond donors (Lipinski definition) is 1. The van der Waals surface area contributed by atoms with Gasteiger partial charge in [0.05, 0.1) is 19.9 Å². The van der Waals surface area contributed by atoms with Crippen LogP contribution < -0.4 is 25.0 Å². The summed E-state index contributed by atoms with van der Waals surface area (Å²) in [6, 6.07) is 6.41. The van der Waals surface area contributed by atoms with Gasteiger partial charge in [-0.15, -0.1) is 0 Å². The lowest BCUT2D eigenvalue weighted by molar-refractivity contribution is -0.118. The van der Waals surface area contributed by atoms with E-state index in [9.17, 15) is 9.59 Å². The maximum absolute atomic E-state index is 12.1. The molecule has 24 heavy (non-hydrogen) atoms. The summed E-state index contributed by atoms with van der Waals surface area (Å²) in [6.45, 7) is 1.47. The van der Waals surface area contributed by atoms with Gasteiger partial charge in [0.25, 0.3) is 5.91 Å². The normalized spacial score (nSPS) is 10.2. The van der Waals surface area contributed by atoms with Crippen LogP contribution in [0.4, 0.5) is 5.69 Å². The van der Waals surface area contributed by atoms with Gasteiger partial charge < -0.3 is 24.1 Å². The molecular weight excluding hydrogens is 312 g/mol. The van der Waals surface area contributed by atoms with Crippen LogP contribution in [-0.2, 0) is 11.8 Å². The molecule has 0 radical (unpaired) electrons. The molecule has 1 aromatic carbocycles. The SMILES string of the molecule is COc1cc(NC(=O)COc2c(C)n(C)ccc2=O)cc(OC)c1. The van der Waals surface area contributed by atoms with Crippen molar-refractivity contribution in [1.29, 1.82) is 0 Å². The molecule has 7 heteroatoms. The predicted octanol–water partition coefficient (Wildman–Crippen LogP) is 1.73. The number of amides is 1. The van der Waals surface area contributed by atoms with Crippen LogP contribution in [-0.4, -0.2) is 31.3 Å². The molecule has 7 nitrogen and oxygen atoms in total. The average molecular weight is 332 g/mol. The molecule has 0 saturated carbocycles. The average Bonchev–Trinajstić information content (AvgIpc) is 2.57. The number of ether oxygens (including phenoxy) is 3. The molecule has 0 saturated heterocycles. The molecule has 0 aliphatic rings. The molecule has 128 valence electrons. The lowest BCUT2D eigenvalue weighted by Crippen LogP contribution is -2.23. The number of carbonyl (C=O) groups is 1. The van der Waals surface area contributed by atoms with E-state index in [1.165, 1.54) is 20.3 Å². The van der Waals surface area contributed by atoms with Crippen molar-refractivity contribution >= 4 is 11.6 Å². The number of nitrogens with one attached hydrogen (secondary N) is 1. The largest absolute Gasteiger partial charge is 0.497 e. The van der Waals surface area contributed by atoms with Gasteiger partial charge in [0.15, 0.2) is 12.4 Å². The minimum Gasteiger partial charge on any atom is -0.497 e. The number of hydrogen-bond acceptors (Lipinski definition) is 5. The van der Waals surface area contributed by atoms with Crippen molar-refractivity contribution in [3.63, 3.8) is 0 Å². The Hall–Kier alpha value is -2.96. The Bertz CT molecular complexity index is 776. The number of benzene rings is 1. The van der Waals surface area contributed by atoms with Gasteiger partial charge in [0, 0.05) is 43.2 Å². The molecule has 0 aliphatic heterocycles. The smallest absolute Gasteiger partial charge is 0.262 e. The summed E-state index contributed by atoms with van der Waals surface area (Å²) in [5, 5.41) is 2.68. The predicted molar refractivity (Wildman–Crippen MR) is 90.1 cm³/mol. The molecule has 2 aromatic rings. The van der Waals surface area contributed by atoms with Gasteiger partial charge in [-0.05, 0) is 6.92 Å². The standard InChI is InChI=1S/C17H20N2O5/c1-11-17(15(20)5-6-19(11)2)24-10-16(21)18-12-7-13(22-3)9-14(8-12)23-4/h5-9H,10H2,1-4H3,(H,18,21). The number of anilines is 1. The molecule has 0 bridgehead atoms. The Morgan fingerprint density at radius 3 is 2.38 bits per heavy atom. The van der Waals surface area contributed by atoms with E-state index >= 15 is 0 Å². The fourth-order valence-corrected chi connectivity index (χ4v) is 2.10. The summed E-state index contributed by atoms with van der Waals surface area (Å²) in [5.41, 5.74) is 0.900. The van der Waals surface area contributed by atoms with Crippen LogP contribution in [0.1, 0.15) is 5.69 Å². The van der Waals surface area contributed by atoms with E-state index in [2.05, 4.69) is 5.32 Å². The number of rotatable bonds is 6. The third-order valence-corrected chi connectivity index (χ3v) is 3.51. The first-order valence-electron chi connectivity index (χ1n) is 7.26. The van der Waals surface area contributed by atoms with E-state index in [4.69, 9.17) is 14.2 Å². The highest BCUT2D eigenvalue weighted by molar-refractivity contribution is 5.92. The van der Waals surface area contributed by atoms with Crippen molar-refractivity contribution in [3.8, 4) is 17.2 Å². The zero-order valence-electron chi connectivity index (χ0n) is 14.1. The van der Waals surface area contributed by atoms with Gasteiger partial charge in [-0.25, -0.2) is 0 Å². The van der Waals surface area contributed by atoms with Crippen molar-refractivity contribution in [3.05, 3.63) is 46.4 Å². The van der Waals surface area contributed by atoms with Gasteiger partial charge in [0.1, 0.15) is 11.5 Å². The van der Waals surface area contributed by atoms with Gasteiger partial charge in [-0.1, -0.05) is 0 Å². The molecule has 0 fully saturated rings. The maximum atomic E-state index is 12.1. The van der Waals surface area contributed by atoms with Crippen molar-refractivity contribution in [2.45, 2.75) is 6.92 Å². The number of aryl methyl sites for hydroxylation is 1. The van der Waals surface area contributed by atoms with Gasteiger partial charge in [0.2, 0.25) is 5.43 Å². The van der Waals surface area contributed by atoms with Crippen molar-refractivity contribution in [2.75, 3.05) is 26.1 Å². The lowest BCUT2D eigenvalue weighted by Gasteiger charge is -2.12. The second kappa shape index (κ2) is 7.54. The van der Waals surface area contributed by atoms with E-state index < -0.39 is 5.91 Å². The Labute approximate surface area is 139 Å². The molecule has 0 aliphatic carbocycles. The number of aromatic nitrogens is 1. The second-order valence-corrected chi connectivity index (χ2v) is 5.14. The number of pyridine rings is 1. The van der Waals surface area contributed by atoms with Crippen LogP contribution in [0.25, 0.3) is 0 Å². The van der Waals surface area contributed by atoms with E-state index in [0.29, 0.717) is 22.9 Å². The Kier molecular flexibility index (Phi) is 5.47. The highest BCUT2D eigenvalue weighted by atomic mass is 16.5. The van der Waals surface area contributed by atoms with E-state index in [1.807, 2.05) is 0 Å². The molecule has 1 aromatic heterocycles. The number of nitrogens with zero attached hydrogens (tertiary/aromatic N) is 1. The van der Waals surface area contributed by atoms with Gasteiger partial charge >= 0.3 is 0 Å². The van der Waals surface area contributed by atoms with Crippen LogP contribution in [0.5, 0.6) is 17.2 Å². The summed E-state index contributed by atoms with van der Waals surface area (Å²) in [6.07, 6.45) is 1.65. The highest BCUT2D eigenvalue weighted by Crippen LogP contribution is 2.25. The van der Waals surface area contributed by atoms with Crippen molar-refractivity contribution in [1.82, 2.24) is 4.57 Å². The quantitative estimate of drug-likeness (QED) is 0.871. The van der Waals surface area contributed by atoms with Gasteiger partial charge in [-0.2, -0.15) is 0 Å². The maximum Gasteiger partial charge on any atom is 0.262 e. The molecule has 2 rings (SSSR count). The summed E-state index contributed by atoms with van der Waals surface area (Å²) < 4.78 is 17.4. The second-order valence-electron chi connectivity index (χ2n) is 5.14. The third kappa shape index (κ3) is 4.07. The first kappa shape index (κ1) is 17.4. The molecule has 0 atom stereocenters. The number of methoxy groups -OCH3 is 2. The molecule has 1 heterocycles. The molecular formula is C17H20N2O5. The summed E-state index contributed by atoms with van der Waals surface area (Å²) >= 11 is 0. The topological polar surface area (TPSA) is 78.8 Å². The fraction of sp³-hybridized carbons (Fsp3) is 0.294. The zero-order chi connectivity index (χ0) is 17.7. The molecule has 1 amide bonds. The highest BCUT2D eigenvalue weighted by Gasteiger charge is 2.11. The zero-order valence-corrected chi connectivity index (χ0v) is 14.1. The molecule has 1 N–H and O–H groups in total. The van der Waals surface area contributed by atoms with E-state index in [0.717, 1.165) is 0 Å². The fourth-order valence-electron chi connectivity index (χ4n) is 2.10. The minimum absolute atomic E-state index is 0.165. The van der Waals surface area contributed by atoms with Crippen molar-refractivity contribution < 1.29 is 19.0 Å². The van der Waals surface area contributed by atoms with Crippen molar-refractivity contribution in [2.24, 2.45) is 7.05 Å².